The molecule has 1 atom stereocenters. The molecule has 2 aromatic rings. The van der Waals surface area contributed by atoms with Crippen LogP contribution in [0.2, 0.25) is 0 Å². The number of nitrogens with two attached hydrogens (primary N) is 1. The molecule has 1 fully saturated rings. The van der Waals surface area contributed by atoms with Crippen LogP contribution >= 0.6 is 24.8 Å². The topological polar surface area (TPSA) is 88.5 Å². The molecule has 2 N–H and O–H groups in total. The van der Waals surface area contributed by atoms with E-state index in [0.717, 1.165) is 25.1 Å². The highest BCUT2D eigenvalue weighted by Gasteiger charge is 2.26. The van der Waals surface area contributed by atoms with Gasteiger partial charge >= 0.3 is 0 Å². The highest BCUT2D eigenvalue weighted by Crippen LogP contribution is 2.10. The van der Waals surface area contributed by atoms with E-state index < -0.39 is 6.04 Å². The van der Waals surface area contributed by atoms with E-state index in [1.54, 1.807) is 0 Å². The Morgan fingerprint density at radius 2 is 1.85 bits per heavy atom. The first-order chi connectivity index (χ1) is 12.2. The summed E-state index contributed by atoms with van der Waals surface area (Å²) in [6.07, 6.45) is 1.32. The number of halogens is 2. The van der Waals surface area contributed by atoms with Crippen LogP contribution in [-0.2, 0) is 24.2 Å². The zero-order valence-corrected chi connectivity index (χ0v) is 17.0. The van der Waals surface area contributed by atoms with Gasteiger partial charge in [0.2, 0.25) is 11.8 Å². The van der Waals surface area contributed by atoms with Crippen LogP contribution in [0.1, 0.15) is 24.2 Å². The summed E-state index contributed by atoms with van der Waals surface area (Å²) < 4.78 is 5.13. The summed E-state index contributed by atoms with van der Waals surface area (Å²) in [5.41, 5.74) is 7.21. The first kappa shape index (κ1) is 23.4. The van der Waals surface area contributed by atoms with Gasteiger partial charge in [0.05, 0.1) is 12.6 Å². The number of carbonyl (C=O) groups excluding carboxylic acids is 1. The van der Waals surface area contributed by atoms with E-state index in [0.29, 0.717) is 37.8 Å². The molecule has 1 aromatic heterocycles. The fourth-order valence-electron chi connectivity index (χ4n) is 3.01. The smallest absolute Gasteiger partial charge is 0.239 e. The van der Waals surface area contributed by atoms with Gasteiger partial charge in [-0.25, -0.2) is 0 Å². The zero-order chi connectivity index (χ0) is 17.6. The molecule has 1 aromatic carbocycles. The lowest BCUT2D eigenvalue weighted by molar-refractivity contribution is -0.134. The second-order valence-corrected chi connectivity index (χ2v) is 6.36. The monoisotopic (exact) mass is 415 g/mol. The molecule has 7 nitrogen and oxygen atoms in total. The standard InChI is InChI=1S/C18H25N5O2.2ClH/c1-2-17-20-16(21-25-17)13-22-8-10-23(11-9-22)18(24)15(19)12-14-6-4-3-5-7-14;;/h3-7,15H,2,8-13,19H2,1H3;2*1H. The molecule has 0 saturated carbocycles. The zero-order valence-electron chi connectivity index (χ0n) is 15.4. The van der Waals surface area contributed by atoms with Crippen LogP contribution in [0.15, 0.2) is 34.9 Å². The number of benzene rings is 1. The number of aromatic nitrogens is 2. The van der Waals surface area contributed by atoms with Crippen LogP contribution in [0.4, 0.5) is 0 Å². The molecule has 0 radical (unpaired) electrons. The number of nitrogens with zero attached hydrogens (tertiary/aromatic N) is 4. The summed E-state index contributed by atoms with van der Waals surface area (Å²) in [5, 5.41) is 3.98. The minimum absolute atomic E-state index is 0. The quantitative estimate of drug-likeness (QED) is 0.771. The van der Waals surface area contributed by atoms with Crippen molar-refractivity contribution in [3.63, 3.8) is 0 Å². The Morgan fingerprint density at radius 3 is 2.44 bits per heavy atom. The molecule has 150 valence electrons. The minimum atomic E-state index is -0.488. The first-order valence-electron chi connectivity index (χ1n) is 8.78. The largest absolute Gasteiger partial charge is 0.339 e. The summed E-state index contributed by atoms with van der Waals surface area (Å²) in [6.45, 7) is 5.58. The van der Waals surface area contributed by atoms with Gasteiger partial charge in [-0.2, -0.15) is 4.98 Å². The van der Waals surface area contributed by atoms with Gasteiger partial charge in [-0.1, -0.05) is 42.4 Å². The molecule has 3 rings (SSSR count). The lowest BCUT2D eigenvalue weighted by Crippen LogP contribution is -2.53. The Labute approximate surface area is 172 Å². The second kappa shape index (κ2) is 11.2. The van der Waals surface area contributed by atoms with Crippen molar-refractivity contribution in [2.45, 2.75) is 32.4 Å². The van der Waals surface area contributed by atoms with Crippen LogP contribution in [0, 0.1) is 0 Å². The van der Waals surface area contributed by atoms with Gasteiger partial charge in [0, 0.05) is 32.6 Å². The molecule has 1 saturated heterocycles. The SMILES string of the molecule is CCc1nc(CN2CCN(C(=O)C(N)Cc3ccccc3)CC2)no1.Cl.Cl. The molecule has 9 heteroatoms. The first-order valence-corrected chi connectivity index (χ1v) is 8.78. The van der Waals surface area contributed by atoms with Gasteiger partial charge in [0.1, 0.15) is 0 Å². The van der Waals surface area contributed by atoms with Crippen molar-refractivity contribution in [1.29, 1.82) is 0 Å². The maximum absolute atomic E-state index is 12.6. The Hall–Kier alpha value is -1.67. The van der Waals surface area contributed by atoms with Gasteiger partial charge in [0.15, 0.2) is 5.82 Å². The van der Waals surface area contributed by atoms with Crippen molar-refractivity contribution >= 4 is 30.7 Å². The number of aryl methyl sites for hydroxylation is 1. The maximum Gasteiger partial charge on any atom is 0.239 e. The summed E-state index contributed by atoms with van der Waals surface area (Å²) >= 11 is 0. The molecular weight excluding hydrogens is 389 g/mol. The second-order valence-electron chi connectivity index (χ2n) is 6.36. The summed E-state index contributed by atoms with van der Waals surface area (Å²) in [6, 6.07) is 9.41. The Kier molecular flexibility index (Phi) is 9.73. The number of carbonyl (C=O) groups is 1. The summed E-state index contributed by atoms with van der Waals surface area (Å²) in [7, 11) is 0. The van der Waals surface area contributed by atoms with E-state index >= 15 is 0 Å². The molecule has 1 aliphatic rings. The number of amides is 1. The number of rotatable bonds is 6. The van der Waals surface area contributed by atoms with Crippen LogP contribution in [0.3, 0.4) is 0 Å². The van der Waals surface area contributed by atoms with E-state index in [4.69, 9.17) is 10.3 Å². The molecule has 0 aliphatic carbocycles. The number of hydrogen-bond acceptors (Lipinski definition) is 6. The van der Waals surface area contributed by atoms with Crippen molar-refractivity contribution in [2.24, 2.45) is 5.73 Å². The molecule has 0 spiro atoms. The van der Waals surface area contributed by atoms with E-state index in [-0.39, 0.29) is 30.7 Å². The molecule has 1 aliphatic heterocycles. The van der Waals surface area contributed by atoms with E-state index in [9.17, 15) is 4.79 Å². The minimum Gasteiger partial charge on any atom is -0.339 e. The van der Waals surface area contributed by atoms with E-state index in [1.165, 1.54) is 0 Å². The van der Waals surface area contributed by atoms with Gasteiger partial charge in [-0.05, 0) is 12.0 Å². The number of piperazine rings is 1. The third-order valence-corrected chi connectivity index (χ3v) is 4.48. The van der Waals surface area contributed by atoms with Crippen molar-refractivity contribution < 1.29 is 9.32 Å². The van der Waals surface area contributed by atoms with Crippen molar-refractivity contribution in [3.05, 3.63) is 47.6 Å². The summed E-state index contributed by atoms with van der Waals surface area (Å²) in [5.74, 6) is 1.39. The van der Waals surface area contributed by atoms with Crippen LogP contribution < -0.4 is 5.73 Å². The molecule has 1 unspecified atom stereocenters. The highest BCUT2D eigenvalue weighted by molar-refractivity contribution is 5.85. The molecule has 0 bridgehead atoms. The average Bonchev–Trinajstić information content (AvgIpc) is 3.10. The third-order valence-electron chi connectivity index (χ3n) is 4.48. The predicted octanol–water partition coefficient (Wildman–Crippen LogP) is 1.69. The molecule has 2 heterocycles. The average molecular weight is 416 g/mol. The fraction of sp³-hybridized carbons (Fsp3) is 0.500. The van der Waals surface area contributed by atoms with Crippen molar-refractivity contribution in [1.82, 2.24) is 19.9 Å². The number of hydrogen-bond donors (Lipinski definition) is 1. The lowest BCUT2D eigenvalue weighted by Gasteiger charge is -2.35. The molecule has 27 heavy (non-hydrogen) atoms. The third kappa shape index (κ3) is 6.46. The van der Waals surface area contributed by atoms with Crippen LogP contribution in [0.25, 0.3) is 0 Å². The normalized spacial score (nSPS) is 15.6. The Morgan fingerprint density at radius 1 is 1.19 bits per heavy atom. The molecular formula is C18H27Cl2N5O2. The van der Waals surface area contributed by atoms with Crippen LogP contribution in [-0.4, -0.2) is 58.1 Å². The van der Waals surface area contributed by atoms with Crippen molar-refractivity contribution in [3.8, 4) is 0 Å². The highest BCUT2D eigenvalue weighted by atomic mass is 35.5. The van der Waals surface area contributed by atoms with Gasteiger partial charge in [-0.15, -0.1) is 24.8 Å². The van der Waals surface area contributed by atoms with Crippen LogP contribution in [0.5, 0.6) is 0 Å². The lowest BCUT2D eigenvalue weighted by atomic mass is 10.1. The van der Waals surface area contributed by atoms with Crippen molar-refractivity contribution in [2.75, 3.05) is 26.2 Å². The predicted molar refractivity (Wildman–Crippen MR) is 108 cm³/mol. The van der Waals surface area contributed by atoms with Gasteiger partial charge in [-0.3, -0.25) is 9.69 Å². The Balaban J connectivity index is 0.00000182. The fourth-order valence-corrected chi connectivity index (χ4v) is 3.01. The molecule has 1 amide bonds. The van der Waals surface area contributed by atoms with Gasteiger partial charge < -0.3 is 15.2 Å². The van der Waals surface area contributed by atoms with E-state index in [1.807, 2.05) is 42.2 Å². The van der Waals surface area contributed by atoms with Gasteiger partial charge in [0.25, 0.3) is 0 Å². The van der Waals surface area contributed by atoms with E-state index in [2.05, 4.69) is 15.0 Å². The maximum atomic E-state index is 12.6. The summed E-state index contributed by atoms with van der Waals surface area (Å²) in [4.78, 5) is 21.0. The Bertz CT molecular complexity index is 690.